The van der Waals surface area contributed by atoms with Gasteiger partial charge in [-0.15, -0.1) is 21.8 Å². The fraction of sp³-hybridized carbons (Fsp3) is 0.0769. The average molecular weight is 291 g/mol. The van der Waals surface area contributed by atoms with Crippen molar-refractivity contribution >= 4 is 11.6 Å². The highest BCUT2D eigenvalue weighted by Gasteiger charge is 2.17. The summed E-state index contributed by atoms with van der Waals surface area (Å²) in [6.07, 6.45) is 3.10. The first-order valence-electron chi connectivity index (χ1n) is 5.74. The second kappa shape index (κ2) is 5.34. The van der Waals surface area contributed by atoms with Gasteiger partial charge in [-0.1, -0.05) is 6.07 Å². The summed E-state index contributed by atoms with van der Waals surface area (Å²) in [5.74, 6) is 0.182. The Bertz CT molecular complexity index is 732. The minimum absolute atomic E-state index is 0.0795. The third-order valence-electron chi connectivity index (χ3n) is 2.62. The fourth-order valence-electron chi connectivity index (χ4n) is 1.72. The molecule has 0 aliphatic rings. The van der Waals surface area contributed by atoms with E-state index in [9.17, 15) is 4.39 Å². The van der Waals surface area contributed by atoms with Crippen LogP contribution in [0, 0.1) is 5.82 Å². The molecule has 0 saturated heterocycles. The number of hydrogen-bond acceptors (Lipinski definition) is 5. The van der Waals surface area contributed by atoms with E-state index in [2.05, 4.69) is 20.2 Å². The summed E-state index contributed by atoms with van der Waals surface area (Å²) in [6.45, 7) is 0. The van der Waals surface area contributed by atoms with Crippen molar-refractivity contribution in [1.82, 2.24) is 20.2 Å². The Morgan fingerprint density at radius 2 is 1.80 bits per heavy atom. The molecule has 0 saturated carbocycles. The zero-order valence-corrected chi connectivity index (χ0v) is 10.9. The van der Waals surface area contributed by atoms with E-state index in [1.54, 1.807) is 36.7 Å². The van der Waals surface area contributed by atoms with Gasteiger partial charge in [-0.2, -0.15) is 0 Å². The van der Waals surface area contributed by atoms with Gasteiger partial charge in [0.25, 0.3) is 5.89 Å². The predicted octanol–water partition coefficient (Wildman–Crippen LogP) is 3.07. The summed E-state index contributed by atoms with van der Waals surface area (Å²) < 4.78 is 19.8. The lowest BCUT2D eigenvalue weighted by Crippen LogP contribution is -1.93. The van der Waals surface area contributed by atoms with Gasteiger partial charge in [0.2, 0.25) is 5.89 Å². The molecule has 0 aliphatic carbocycles. The molecule has 20 heavy (non-hydrogen) atoms. The maximum atomic E-state index is 14.5. The normalized spacial score (nSPS) is 10.7. The lowest BCUT2D eigenvalue weighted by atomic mass is 10.1. The van der Waals surface area contributed by atoms with Crippen LogP contribution in [0.4, 0.5) is 4.39 Å². The summed E-state index contributed by atoms with van der Waals surface area (Å²) in [5, 5.41) is 7.48. The third kappa shape index (κ3) is 2.25. The Kier molecular flexibility index (Phi) is 3.39. The molecule has 0 aliphatic heterocycles. The zero-order valence-electron chi connectivity index (χ0n) is 10.1. The van der Waals surface area contributed by atoms with Crippen molar-refractivity contribution in [2.24, 2.45) is 0 Å². The molecule has 0 fully saturated rings. The molecular weight excluding hydrogens is 283 g/mol. The summed E-state index contributed by atoms with van der Waals surface area (Å²) in [7, 11) is 0. The standard InChI is InChI=1S/C13H8ClFN4O/c14-7-10-18-19-13(20-10)9-4-1-3-8(11(9)15)12-16-5-2-6-17-12/h1-6H,7H2. The molecule has 3 aromatic rings. The number of nitrogens with zero attached hydrogens (tertiary/aromatic N) is 4. The topological polar surface area (TPSA) is 64.7 Å². The molecule has 0 N–H and O–H groups in total. The zero-order chi connectivity index (χ0) is 13.9. The molecule has 0 bridgehead atoms. The SMILES string of the molecule is Fc1c(-c2ncccn2)cccc1-c1nnc(CCl)o1. The van der Waals surface area contributed by atoms with Gasteiger partial charge in [-0.25, -0.2) is 14.4 Å². The van der Waals surface area contributed by atoms with Crippen LogP contribution in [0.2, 0.25) is 0 Å². The van der Waals surface area contributed by atoms with E-state index >= 15 is 0 Å². The molecule has 0 spiro atoms. The summed E-state index contributed by atoms with van der Waals surface area (Å²) in [6, 6.07) is 6.48. The molecule has 1 aromatic carbocycles. The number of halogens is 2. The van der Waals surface area contributed by atoms with Crippen LogP contribution in [-0.2, 0) is 5.88 Å². The Hall–Kier alpha value is -2.34. The average Bonchev–Trinajstić information content (AvgIpc) is 2.97. The molecule has 0 amide bonds. The van der Waals surface area contributed by atoms with Gasteiger partial charge in [-0.3, -0.25) is 0 Å². The first-order chi connectivity index (χ1) is 9.79. The van der Waals surface area contributed by atoms with Crippen molar-refractivity contribution in [2.75, 3.05) is 0 Å². The molecular formula is C13H8ClFN4O. The van der Waals surface area contributed by atoms with Gasteiger partial charge in [0, 0.05) is 12.4 Å². The van der Waals surface area contributed by atoms with Gasteiger partial charge in [0.1, 0.15) is 11.7 Å². The van der Waals surface area contributed by atoms with Gasteiger partial charge < -0.3 is 4.42 Å². The number of benzene rings is 1. The van der Waals surface area contributed by atoms with E-state index < -0.39 is 5.82 Å². The number of alkyl halides is 1. The molecule has 3 rings (SSSR count). The van der Waals surface area contributed by atoms with Crippen LogP contribution in [0.15, 0.2) is 41.1 Å². The molecule has 0 radical (unpaired) electrons. The third-order valence-corrected chi connectivity index (χ3v) is 2.85. The Morgan fingerprint density at radius 3 is 2.50 bits per heavy atom. The van der Waals surface area contributed by atoms with Gasteiger partial charge in [0.15, 0.2) is 5.82 Å². The maximum Gasteiger partial charge on any atom is 0.250 e. The van der Waals surface area contributed by atoms with E-state index in [0.717, 1.165) is 0 Å². The first kappa shape index (κ1) is 12.7. The monoisotopic (exact) mass is 290 g/mol. The molecule has 100 valence electrons. The van der Waals surface area contributed by atoms with Crippen LogP contribution < -0.4 is 0 Å². The molecule has 0 unspecified atom stereocenters. The highest BCUT2D eigenvalue weighted by Crippen LogP contribution is 2.28. The fourth-order valence-corrected chi connectivity index (χ4v) is 1.83. The number of hydrogen-bond donors (Lipinski definition) is 0. The lowest BCUT2D eigenvalue weighted by molar-refractivity contribution is 0.521. The van der Waals surface area contributed by atoms with E-state index in [0.29, 0.717) is 5.82 Å². The molecule has 0 atom stereocenters. The van der Waals surface area contributed by atoms with Crippen LogP contribution in [-0.4, -0.2) is 20.2 Å². The minimum atomic E-state index is -0.511. The highest BCUT2D eigenvalue weighted by atomic mass is 35.5. The second-order valence-corrected chi connectivity index (χ2v) is 4.14. The smallest absolute Gasteiger partial charge is 0.250 e. The van der Waals surface area contributed by atoms with Crippen molar-refractivity contribution in [3.05, 3.63) is 48.4 Å². The van der Waals surface area contributed by atoms with Gasteiger partial charge >= 0.3 is 0 Å². The quantitative estimate of drug-likeness (QED) is 0.694. The van der Waals surface area contributed by atoms with Crippen molar-refractivity contribution in [1.29, 1.82) is 0 Å². The first-order valence-corrected chi connectivity index (χ1v) is 6.27. The highest BCUT2D eigenvalue weighted by molar-refractivity contribution is 6.16. The van der Waals surface area contributed by atoms with Crippen molar-refractivity contribution in [2.45, 2.75) is 5.88 Å². The van der Waals surface area contributed by atoms with Crippen LogP contribution in [0.1, 0.15) is 5.89 Å². The summed E-state index contributed by atoms with van der Waals surface area (Å²) in [5.41, 5.74) is 0.465. The second-order valence-electron chi connectivity index (χ2n) is 3.87. The van der Waals surface area contributed by atoms with Crippen molar-refractivity contribution < 1.29 is 8.81 Å². The molecule has 5 nitrogen and oxygen atoms in total. The summed E-state index contributed by atoms with van der Waals surface area (Å²) in [4.78, 5) is 8.05. The number of rotatable bonds is 3. The minimum Gasteiger partial charge on any atom is -0.419 e. The van der Waals surface area contributed by atoms with Crippen LogP contribution >= 0.6 is 11.6 Å². The van der Waals surface area contributed by atoms with Crippen LogP contribution in [0.3, 0.4) is 0 Å². The lowest BCUT2D eigenvalue weighted by Gasteiger charge is -2.04. The molecule has 2 aromatic heterocycles. The predicted molar refractivity (Wildman–Crippen MR) is 70.3 cm³/mol. The number of aromatic nitrogens is 4. The Morgan fingerprint density at radius 1 is 1.05 bits per heavy atom. The van der Waals surface area contributed by atoms with Crippen molar-refractivity contribution in [3.8, 4) is 22.8 Å². The van der Waals surface area contributed by atoms with E-state index in [-0.39, 0.29) is 28.8 Å². The molecule has 2 heterocycles. The van der Waals surface area contributed by atoms with Crippen molar-refractivity contribution in [3.63, 3.8) is 0 Å². The van der Waals surface area contributed by atoms with Gasteiger partial charge in [-0.05, 0) is 18.2 Å². The van der Waals surface area contributed by atoms with E-state index in [4.69, 9.17) is 16.0 Å². The molecule has 7 heteroatoms. The van der Waals surface area contributed by atoms with E-state index in [1.807, 2.05) is 0 Å². The van der Waals surface area contributed by atoms with Crippen LogP contribution in [0.25, 0.3) is 22.8 Å². The summed E-state index contributed by atoms with van der Waals surface area (Å²) >= 11 is 5.58. The largest absolute Gasteiger partial charge is 0.419 e. The Labute approximate surface area is 118 Å². The van der Waals surface area contributed by atoms with Gasteiger partial charge in [0.05, 0.1) is 11.1 Å². The van der Waals surface area contributed by atoms with Crippen LogP contribution in [0.5, 0.6) is 0 Å². The Balaban J connectivity index is 2.10. The van der Waals surface area contributed by atoms with E-state index in [1.165, 1.54) is 0 Å². The maximum absolute atomic E-state index is 14.5.